The Labute approximate surface area is 99.8 Å². The molecule has 0 aromatic carbocycles. The number of nitrogens with zero attached hydrogens (tertiary/aromatic N) is 1. The third kappa shape index (κ3) is 2.49. The molecule has 96 valence electrons. The van der Waals surface area contributed by atoms with Gasteiger partial charge in [-0.2, -0.15) is 5.10 Å². The van der Waals surface area contributed by atoms with Gasteiger partial charge in [0.2, 0.25) is 0 Å². The van der Waals surface area contributed by atoms with E-state index in [4.69, 9.17) is 10.5 Å². The van der Waals surface area contributed by atoms with Gasteiger partial charge in [-0.1, -0.05) is 0 Å². The number of sulfonamides is 1. The van der Waals surface area contributed by atoms with Gasteiger partial charge in [0.15, 0.2) is 5.03 Å². The second-order valence-electron chi connectivity index (χ2n) is 4.02. The summed E-state index contributed by atoms with van der Waals surface area (Å²) < 4.78 is 32.1. The molecule has 0 bridgehead atoms. The number of nitrogens with two attached hydrogens (primary N) is 1. The molecule has 7 nitrogen and oxygen atoms in total. The van der Waals surface area contributed by atoms with Crippen LogP contribution in [-0.2, 0) is 21.3 Å². The van der Waals surface area contributed by atoms with Crippen molar-refractivity contribution in [3.8, 4) is 0 Å². The number of nitrogens with one attached hydrogen (secondary N) is 2. The lowest BCUT2D eigenvalue weighted by Gasteiger charge is -2.15. The molecular weight excluding hydrogens is 244 g/mol. The first-order chi connectivity index (χ1) is 8.04. The number of aromatic amines is 1. The molecule has 4 N–H and O–H groups in total. The molecule has 0 aliphatic carbocycles. The predicted octanol–water partition coefficient (Wildman–Crippen LogP) is -0.676. The number of rotatable bonds is 4. The largest absolute Gasteiger partial charge is 0.377 e. The number of hydrogen-bond acceptors (Lipinski definition) is 5. The zero-order chi connectivity index (χ0) is 12.5. The summed E-state index contributed by atoms with van der Waals surface area (Å²) in [5.74, 6) is 0. The minimum atomic E-state index is -3.60. The Balaban J connectivity index is 2.19. The van der Waals surface area contributed by atoms with Crippen LogP contribution in [0, 0.1) is 0 Å². The maximum atomic E-state index is 12.1. The fraction of sp³-hybridized carbons (Fsp3) is 0.667. The van der Waals surface area contributed by atoms with E-state index in [1.807, 2.05) is 6.92 Å². The molecule has 1 aromatic rings. The van der Waals surface area contributed by atoms with Gasteiger partial charge in [0.25, 0.3) is 10.0 Å². The average molecular weight is 260 g/mol. The monoisotopic (exact) mass is 260 g/mol. The summed E-state index contributed by atoms with van der Waals surface area (Å²) in [5.41, 5.74) is 5.93. The lowest BCUT2D eigenvalue weighted by atomic mass is 10.2. The van der Waals surface area contributed by atoms with E-state index < -0.39 is 10.0 Å². The fourth-order valence-electron chi connectivity index (χ4n) is 1.82. The van der Waals surface area contributed by atoms with Crippen LogP contribution < -0.4 is 10.5 Å². The lowest BCUT2D eigenvalue weighted by molar-refractivity contribution is 0.117. The third-order valence-corrected chi connectivity index (χ3v) is 4.35. The van der Waals surface area contributed by atoms with Crippen LogP contribution in [0.2, 0.25) is 0 Å². The molecule has 2 rings (SSSR count). The Bertz CT molecular complexity index is 484. The maximum absolute atomic E-state index is 12.1. The van der Waals surface area contributed by atoms with Gasteiger partial charge in [-0.25, -0.2) is 13.1 Å². The second-order valence-corrected chi connectivity index (χ2v) is 5.67. The van der Waals surface area contributed by atoms with Gasteiger partial charge in [0.1, 0.15) is 0 Å². The topological polar surface area (TPSA) is 110 Å². The van der Waals surface area contributed by atoms with Crippen molar-refractivity contribution in [1.29, 1.82) is 0 Å². The molecule has 0 amide bonds. The molecule has 0 saturated carbocycles. The van der Waals surface area contributed by atoms with E-state index in [1.54, 1.807) is 0 Å². The van der Waals surface area contributed by atoms with Crippen molar-refractivity contribution < 1.29 is 13.2 Å². The van der Waals surface area contributed by atoms with Gasteiger partial charge in [-0.3, -0.25) is 5.10 Å². The van der Waals surface area contributed by atoms with Crippen molar-refractivity contribution in [3.63, 3.8) is 0 Å². The lowest BCUT2D eigenvalue weighted by Crippen LogP contribution is -2.39. The molecule has 0 radical (unpaired) electrons. The van der Waals surface area contributed by atoms with Crippen LogP contribution in [0.4, 0.5) is 0 Å². The van der Waals surface area contributed by atoms with Crippen LogP contribution in [-0.4, -0.2) is 37.4 Å². The molecule has 1 saturated heterocycles. The van der Waals surface area contributed by atoms with Gasteiger partial charge in [-0.15, -0.1) is 0 Å². The van der Waals surface area contributed by atoms with Gasteiger partial charge in [-0.05, 0) is 13.3 Å². The highest BCUT2D eigenvalue weighted by Crippen LogP contribution is 2.17. The van der Waals surface area contributed by atoms with Crippen LogP contribution in [0.15, 0.2) is 11.2 Å². The van der Waals surface area contributed by atoms with E-state index in [0.29, 0.717) is 18.6 Å². The van der Waals surface area contributed by atoms with Gasteiger partial charge >= 0.3 is 0 Å². The first kappa shape index (κ1) is 12.5. The Hall–Kier alpha value is -0.960. The van der Waals surface area contributed by atoms with E-state index in [-0.39, 0.29) is 23.7 Å². The molecule has 1 aliphatic heterocycles. The smallest absolute Gasteiger partial charge is 0.258 e. The first-order valence-electron chi connectivity index (χ1n) is 5.41. The summed E-state index contributed by atoms with van der Waals surface area (Å²) in [6.45, 7) is 2.54. The summed E-state index contributed by atoms with van der Waals surface area (Å²) in [5, 5.41) is 6.20. The van der Waals surface area contributed by atoms with Crippen molar-refractivity contribution >= 4 is 10.0 Å². The number of hydrogen-bond donors (Lipinski definition) is 3. The summed E-state index contributed by atoms with van der Waals surface area (Å²) in [4.78, 5) is 0. The van der Waals surface area contributed by atoms with Crippen molar-refractivity contribution in [2.24, 2.45) is 5.73 Å². The number of aromatic nitrogens is 2. The highest BCUT2D eigenvalue weighted by molar-refractivity contribution is 7.89. The Morgan fingerprint density at radius 2 is 2.47 bits per heavy atom. The third-order valence-electron chi connectivity index (χ3n) is 2.85. The molecule has 2 heterocycles. The van der Waals surface area contributed by atoms with Crippen LogP contribution >= 0.6 is 0 Å². The van der Waals surface area contributed by atoms with Crippen molar-refractivity contribution in [3.05, 3.63) is 11.8 Å². The van der Waals surface area contributed by atoms with Crippen LogP contribution in [0.5, 0.6) is 0 Å². The zero-order valence-corrected chi connectivity index (χ0v) is 10.3. The number of H-pyrrole nitrogens is 1. The highest BCUT2D eigenvalue weighted by atomic mass is 32.2. The van der Waals surface area contributed by atoms with E-state index >= 15 is 0 Å². The first-order valence-corrected chi connectivity index (χ1v) is 6.89. The van der Waals surface area contributed by atoms with Gasteiger partial charge < -0.3 is 10.5 Å². The molecule has 1 aliphatic rings. The Kier molecular flexibility index (Phi) is 3.48. The quantitative estimate of drug-likeness (QED) is 0.664. The summed E-state index contributed by atoms with van der Waals surface area (Å²) in [7, 11) is -3.60. The predicted molar refractivity (Wildman–Crippen MR) is 60.6 cm³/mol. The molecule has 0 spiro atoms. The SMILES string of the molecule is CC1OCCC1NS(=O)(=O)c1[nH]ncc1CN. The van der Waals surface area contributed by atoms with Gasteiger partial charge in [0.05, 0.1) is 18.3 Å². The van der Waals surface area contributed by atoms with Crippen molar-refractivity contribution in [1.82, 2.24) is 14.9 Å². The molecular formula is C9H16N4O3S. The summed E-state index contributed by atoms with van der Waals surface area (Å²) in [6, 6.07) is -0.200. The van der Waals surface area contributed by atoms with Crippen molar-refractivity contribution in [2.75, 3.05) is 6.61 Å². The van der Waals surface area contributed by atoms with E-state index in [1.165, 1.54) is 6.20 Å². The second kappa shape index (κ2) is 4.73. The summed E-state index contributed by atoms with van der Waals surface area (Å²) >= 11 is 0. The molecule has 8 heteroatoms. The normalized spacial score (nSPS) is 25.3. The van der Waals surface area contributed by atoms with E-state index in [0.717, 1.165) is 0 Å². The molecule has 2 unspecified atom stereocenters. The average Bonchev–Trinajstić information content (AvgIpc) is 2.88. The van der Waals surface area contributed by atoms with Gasteiger partial charge in [0, 0.05) is 18.7 Å². The molecule has 2 atom stereocenters. The fourth-order valence-corrected chi connectivity index (χ4v) is 3.30. The maximum Gasteiger partial charge on any atom is 0.258 e. The zero-order valence-electron chi connectivity index (χ0n) is 9.51. The van der Waals surface area contributed by atoms with E-state index in [9.17, 15) is 8.42 Å². The standard InChI is InChI=1S/C9H16N4O3S/c1-6-8(2-3-16-6)13-17(14,15)9-7(4-10)5-11-12-9/h5-6,8,13H,2-4,10H2,1H3,(H,11,12). The molecule has 1 aromatic heterocycles. The highest BCUT2D eigenvalue weighted by Gasteiger charge is 2.30. The minimum Gasteiger partial charge on any atom is -0.377 e. The van der Waals surface area contributed by atoms with Crippen LogP contribution in [0.25, 0.3) is 0 Å². The van der Waals surface area contributed by atoms with E-state index in [2.05, 4.69) is 14.9 Å². The summed E-state index contributed by atoms with van der Waals surface area (Å²) in [6.07, 6.45) is 1.98. The van der Waals surface area contributed by atoms with Crippen LogP contribution in [0.1, 0.15) is 18.9 Å². The molecule has 17 heavy (non-hydrogen) atoms. The number of ether oxygens (including phenoxy) is 1. The van der Waals surface area contributed by atoms with Crippen molar-refractivity contribution in [2.45, 2.75) is 37.1 Å². The molecule has 1 fully saturated rings. The van der Waals surface area contributed by atoms with Crippen LogP contribution in [0.3, 0.4) is 0 Å². The minimum absolute atomic E-state index is 0.0408. The Morgan fingerprint density at radius 3 is 3.06 bits per heavy atom. The Morgan fingerprint density at radius 1 is 1.71 bits per heavy atom.